The number of nitrogens with zero attached hydrogens (tertiary/aromatic N) is 2. The van der Waals surface area contributed by atoms with E-state index in [0.29, 0.717) is 6.04 Å². The Hall–Kier alpha value is -0.770. The van der Waals surface area contributed by atoms with E-state index in [4.69, 9.17) is 17.3 Å². The highest BCUT2D eigenvalue weighted by atomic mass is 35.5. The summed E-state index contributed by atoms with van der Waals surface area (Å²) < 4.78 is 0. The maximum atomic E-state index is 6.24. The molecule has 3 nitrogen and oxygen atoms in total. The number of hydrogen-bond donors (Lipinski definition) is 1. The molecule has 2 rings (SSSR count). The van der Waals surface area contributed by atoms with Crippen molar-refractivity contribution in [2.24, 2.45) is 0 Å². The van der Waals surface area contributed by atoms with Crippen LogP contribution in [-0.4, -0.2) is 43.0 Å². The molecule has 1 aromatic carbocycles. The Bertz CT molecular complexity index is 406. The van der Waals surface area contributed by atoms with Gasteiger partial charge >= 0.3 is 0 Å². The van der Waals surface area contributed by atoms with Gasteiger partial charge in [-0.15, -0.1) is 0 Å². The van der Waals surface area contributed by atoms with Crippen LogP contribution in [0, 0.1) is 0 Å². The third-order valence-electron chi connectivity index (χ3n) is 3.52. The number of rotatable bonds is 4. The van der Waals surface area contributed by atoms with E-state index in [1.165, 1.54) is 12.8 Å². The molecule has 1 atom stereocenters. The van der Waals surface area contributed by atoms with Gasteiger partial charge in [-0.1, -0.05) is 11.6 Å². The van der Waals surface area contributed by atoms with Crippen LogP contribution in [0.4, 0.5) is 5.69 Å². The second-order valence-corrected chi connectivity index (χ2v) is 5.79. The van der Waals surface area contributed by atoms with Crippen LogP contribution in [0.3, 0.4) is 0 Å². The molecule has 1 fully saturated rings. The van der Waals surface area contributed by atoms with Gasteiger partial charge in [-0.3, -0.25) is 4.90 Å². The van der Waals surface area contributed by atoms with Crippen molar-refractivity contribution >= 4 is 17.3 Å². The molecule has 0 radical (unpaired) electrons. The van der Waals surface area contributed by atoms with Crippen LogP contribution in [0.25, 0.3) is 0 Å². The fraction of sp³-hybridized carbons (Fsp3) is 0.571. The van der Waals surface area contributed by atoms with E-state index in [1.54, 1.807) is 0 Å². The van der Waals surface area contributed by atoms with E-state index in [-0.39, 0.29) is 0 Å². The molecular weight excluding hydrogens is 246 g/mol. The summed E-state index contributed by atoms with van der Waals surface area (Å²) in [5, 5.41) is 0.819. The Kier molecular flexibility index (Phi) is 4.49. The zero-order chi connectivity index (χ0) is 13.1. The van der Waals surface area contributed by atoms with Crippen molar-refractivity contribution in [3.8, 4) is 0 Å². The molecule has 1 unspecified atom stereocenters. The standard InChI is InChI=1S/C14H22ClN3/c1-17(2)10-13-4-3-7-18(13)9-11-8-12(16)5-6-14(11)15/h5-6,8,13H,3-4,7,9-10,16H2,1-2H3. The molecule has 1 aromatic rings. The van der Waals surface area contributed by atoms with Gasteiger partial charge in [0.2, 0.25) is 0 Å². The summed E-state index contributed by atoms with van der Waals surface area (Å²) in [5.41, 5.74) is 7.76. The molecule has 0 aliphatic carbocycles. The number of nitrogen functional groups attached to an aromatic ring is 1. The van der Waals surface area contributed by atoms with E-state index in [1.807, 2.05) is 18.2 Å². The first-order valence-corrected chi connectivity index (χ1v) is 6.87. The second-order valence-electron chi connectivity index (χ2n) is 5.38. The third-order valence-corrected chi connectivity index (χ3v) is 3.89. The molecule has 0 spiro atoms. The minimum absolute atomic E-state index is 0.637. The minimum Gasteiger partial charge on any atom is -0.399 e. The van der Waals surface area contributed by atoms with E-state index in [9.17, 15) is 0 Å². The lowest BCUT2D eigenvalue weighted by Crippen LogP contribution is -2.37. The van der Waals surface area contributed by atoms with Crippen molar-refractivity contribution in [1.29, 1.82) is 0 Å². The van der Waals surface area contributed by atoms with Crippen molar-refractivity contribution in [2.75, 3.05) is 32.9 Å². The quantitative estimate of drug-likeness (QED) is 0.851. The molecule has 0 bridgehead atoms. The summed E-state index contributed by atoms with van der Waals surface area (Å²) in [5.74, 6) is 0. The predicted molar refractivity (Wildman–Crippen MR) is 77.9 cm³/mol. The molecule has 1 saturated heterocycles. The number of likely N-dealkylation sites (tertiary alicyclic amines) is 1. The van der Waals surface area contributed by atoms with E-state index < -0.39 is 0 Å². The van der Waals surface area contributed by atoms with Gasteiger partial charge in [0, 0.05) is 29.8 Å². The lowest BCUT2D eigenvalue weighted by Gasteiger charge is -2.27. The molecule has 0 amide bonds. The van der Waals surface area contributed by atoms with Crippen molar-refractivity contribution < 1.29 is 0 Å². The third kappa shape index (κ3) is 3.37. The van der Waals surface area contributed by atoms with Gasteiger partial charge in [0.15, 0.2) is 0 Å². The van der Waals surface area contributed by atoms with Crippen molar-refractivity contribution in [2.45, 2.75) is 25.4 Å². The number of likely N-dealkylation sites (N-methyl/N-ethyl adjacent to an activating group) is 1. The lowest BCUT2D eigenvalue weighted by molar-refractivity contribution is 0.201. The summed E-state index contributed by atoms with van der Waals surface area (Å²) in [6, 6.07) is 6.38. The zero-order valence-electron chi connectivity index (χ0n) is 11.2. The van der Waals surface area contributed by atoms with Crippen LogP contribution in [0.1, 0.15) is 18.4 Å². The fourth-order valence-electron chi connectivity index (χ4n) is 2.67. The summed E-state index contributed by atoms with van der Waals surface area (Å²) >= 11 is 6.24. The summed E-state index contributed by atoms with van der Waals surface area (Å²) in [6.07, 6.45) is 2.55. The largest absolute Gasteiger partial charge is 0.399 e. The molecule has 100 valence electrons. The smallest absolute Gasteiger partial charge is 0.0452 e. The molecule has 1 heterocycles. The number of anilines is 1. The number of hydrogen-bond acceptors (Lipinski definition) is 3. The highest BCUT2D eigenvalue weighted by Crippen LogP contribution is 2.25. The number of benzene rings is 1. The Morgan fingerprint density at radius 1 is 1.44 bits per heavy atom. The van der Waals surface area contributed by atoms with Gasteiger partial charge in [-0.2, -0.15) is 0 Å². The highest BCUT2D eigenvalue weighted by Gasteiger charge is 2.25. The van der Waals surface area contributed by atoms with E-state index in [0.717, 1.165) is 35.9 Å². The highest BCUT2D eigenvalue weighted by molar-refractivity contribution is 6.31. The van der Waals surface area contributed by atoms with Crippen LogP contribution in [0.2, 0.25) is 5.02 Å². The summed E-state index contributed by atoms with van der Waals surface area (Å²) in [6.45, 7) is 3.17. The predicted octanol–water partition coefficient (Wildman–Crippen LogP) is 2.45. The first-order valence-electron chi connectivity index (χ1n) is 6.49. The Morgan fingerprint density at radius 3 is 2.94 bits per heavy atom. The average Bonchev–Trinajstić information content (AvgIpc) is 2.70. The molecular formula is C14H22ClN3. The Labute approximate surface area is 115 Å². The van der Waals surface area contributed by atoms with Crippen LogP contribution in [-0.2, 0) is 6.54 Å². The van der Waals surface area contributed by atoms with Gasteiger partial charge in [0.1, 0.15) is 0 Å². The fourth-order valence-corrected chi connectivity index (χ4v) is 2.84. The Balaban J connectivity index is 2.05. The molecule has 0 aromatic heterocycles. The molecule has 0 saturated carbocycles. The van der Waals surface area contributed by atoms with Crippen LogP contribution < -0.4 is 5.73 Å². The zero-order valence-corrected chi connectivity index (χ0v) is 12.0. The van der Waals surface area contributed by atoms with Gasteiger partial charge in [0.25, 0.3) is 0 Å². The van der Waals surface area contributed by atoms with Crippen LogP contribution >= 0.6 is 11.6 Å². The summed E-state index contributed by atoms with van der Waals surface area (Å²) in [7, 11) is 4.26. The van der Waals surface area contributed by atoms with Crippen molar-refractivity contribution in [3.63, 3.8) is 0 Å². The van der Waals surface area contributed by atoms with Crippen molar-refractivity contribution in [1.82, 2.24) is 9.80 Å². The monoisotopic (exact) mass is 267 g/mol. The first kappa shape index (κ1) is 13.7. The SMILES string of the molecule is CN(C)CC1CCCN1Cc1cc(N)ccc1Cl. The van der Waals surface area contributed by atoms with Gasteiger partial charge in [0.05, 0.1) is 0 Å². The number of halogens is 1. The van der Waals surface area contributed by atoms with Crippen LogP contribution in [0.15, 0.2) is 18.2 Å². The average molecular weight is 268 g/mol. The van der Waals surface area contributed by atoms with Crippen molar-refractivity contribution in [3.05, 3.63) is 28.8 Å². The molecule has 18 heavy (non-hydrogen) atoms. The molecule has 1 aliphatic rings. The number of nitrogens with two attached hydrogens (primary N) is 1. The second kappa shape index (κ2) is 5.91. The minimum atomic E-state index is 0.637. The molecule has 1 aliphatic heterocycles. The lowest BCUT2D eigenvalue weighted by atomic mass is 10.1. The maximum absolute atomic E-state index is 6.24. The Morgan fingerprint density at radius 2 is 2.22 bits per heavy atom. The first-order chi connectivity index (χ1) is 8.56. The molecule has 4 heteroatoms. The van der Waals surface area contributed by atoms with E-state index >= 15 is 0 Å². The van der Waals surface area contributed by atoms with Gasteiger partial charge in [-0.25, -0.2) is 0 Å². The van der Waals surface area contributed by atoms with Gasteiger partial charge in [-0.05, 0) is 57.2 Å². The topological polar surface area (TPSA) is 32.5 Å². The summed E-state index contributed by atoms with van der Waals surface area (Å²) in [4.78, 5) is 4.77. The maximum Gasteiger partial charge on any atom is 0.0452 e. The normalized spacial score (nSPS) is 20.8. The van der Waals surface area contributed by atoms with Gasteiger partial charge < -0.3 is 10.6 Å². The van der Waals surface area contributed by atoms with E-state index in [2.05, 4.69) is 23.9 Å². The van der Waals surface area contributed by atoms with Crippen LogP contribution in [0.5, 0.6) is 0 Å². The molecule has 2 N–H and O–H groups in total.